The fourth-order valence-corrected chi connectivity index (χ4v) is 1.24. The lowest BCUT2D eigenvalue weighted by Gasteiger charge is -2.10. The average Bonchev–Trinajstić information content (AvgIpc) is 2.17. The summed E-state index contributed by atoms with van der Waals surface area (Å²) in [5, 5.41) is 11.0. The summed E-state index contributed by atoms with van der Waals surface area (Å²) in [6, 6.07) is 1.69. The highest BCUT2D eigenvalue weighted by Gasteiger charge is 2.12. The average molecular weight is 207 g/mol. The van der Waals surface area contributed by atoms with Gasteiger partial charge in [-0.05, 0) is 13.0 Å². The van der Waals surface area contributed by atoms with E-state index in [2.05, 4.69) is 10.1 Å². The summed E-state index contributed by atoms with van der Waals surface area (Å²) in [5.74, 6) is 5.59. The summed E-state index contributed by atoms with van der Waals surface area (Å²) in [6.45, 7) is 1.78. The van der Waals surface area contributed by atoms with Gasteiger partial charge in [-0.15, -0.1) is 0 Å². The van der Waals surface area contributed by atoms with E-state index < -0.39 is 0 Å². The fourth-order valence-electron chi connectivity index (χ4n) is 1.24. The van der Waals surface area contributed by atoms with E-state index in [0.29, 0.717) is 17.0 Å². The van der Waals surface area contributed by atoms with E-state index in [0.717, 1.165) is 0 Å². The van der Waals surface area contributed by atoms with Gasteiger partial charge in [-0.1, -0.05) is 0 Å². The molecule has 1 aromatic rings. The molecule has 0 spiro atoms. The van der Waals surface area contributed by atoms with Gasteiger partial charge >= 0.3 is 0 Å². The van der Waals surface area contributed by atoms with Crippen molar-refractivity contribution in [3.63, 3.8) is 0 Å². The molecular weight excluding hydrogens is 194 g/mol. The van der Waals surface area contributed by atoms with Gasteiger partial charge in [0.25, 0.3) is 0 Å². The quantitative estimate of drug-likeness (QED) is 0.376. The number of aryl methyl sites for hydroxylation is 1. The Kier molecular flexibility index (Phi) is 3.22. The second-order valence-corrected chi connectivity index (χ2v) is 2.92. The van der Waals surface area contributed by atoms with Crippen molar-refractivity contribution in [2.24, 2.45) is 10.9 Å². The fraction of sp³-hybridized carbons (Fsp3) is 0.222. The molecule has 0 fully saturated rings. The van der Waals surface area contributed by atoms with Crippen LogP contribution in [0.1, 0.15) is 11.3 Å². The molecule has 0 aliphatic carbocycles. The summed E-state index contributed by atoms with van der Waals surface area (Å²) in [5.41, 5.74) is 7.02. The summed E-state index contributed by atoms with van der Waals surface area (Å²) < 4.78 is 5.07. The van der Waals surface area contributed by atoms with Crippen LogP contribution in [0.15, 0.2) is 11.2 Å². The molecular formula is C9H13N5O. The van der Waals surface area contributed by atoms with E-state index >= 15 is 0 Å². The topological polar surface area (TPSA) is 110 Å². The molecule has 0 unspecified atom stereocenters. The van der Waals surface area contributed by atoms with Crippen LogP contribution in [0.5, 0.6) is 5.75 Å². The van der Waals surface area contributed by atoms with Crippen LogP contribution in [0.4, 0.5) is 5.82 Å². The number of hydrogen-bond donors (Lipinski definition) is 3. The molecule has 0 amide bonds. The van der Waals surface area contributed by atoms with Crippen LogP contribution in [-0.4, -0.2) is 24.0 Å². The monoisotopic (exact) mass is 207 g/mol. The Hall–Kier alpha value is -2.11. The molecule has 0 radical (unpaired) electrons. The Morgan fingerprint density at radius 3 is 2.87 bits per heavy atom. The maximum Gasteiger partial charge on any atom is 0.170 e. The summed E-state index contributed by atoms with van der Waals surface area (Å²) in [4.78, 5) is 4.03. The predicted octanol–water partition coefficient (Wildman–Crippen LogP) is 0.293. The first-order valence-corrected chi connectivity index (χ1v) is 4.23. The molecule has 0 aliphatic rings. The van der Waals surface area contributed by atoms with Crippen LogP contribution >= 0.6 is 0 Å². The van der Waals surface area contributed by atoms with Crippen LogP contribution in [-0.2, 0) is 0 Å². The van der Waals surface area contributed by atoms with Gasteiger partial charge in [0.1, 0.15) is 0 Å². The molecule has 1 rings (SSSR count). The first-order valence-electron chi connectivity index (χ1n) is 4.23. The van der Waals surface area contributed by atoms with E-state index in [1.165, 1.54) is 13.3 Å². The zero-order valence-corrected chi connectivity index (χ0v) is 8.61. The molecule has 1 heterocycles. The van der Waals surface area contributed by atoms with Gasteiger partial charge in [-0.25, -0.2) is 4.98 Å². The van der Waals surface area contributed by atoms with Gasteiger partial charge in [-0.3, -0.25) is 5.41 Å². The number of hydrogen-bond acceptors (Lipinski definition) is 6. The van der Waals surface area contributed by atoms with E-state index in [4.69, 9.17) is 21.7 Å². The second-order valence-electron chi connectivity index (χ2n) is 2.92. The minimum absolute atomic E-state index is 0.131. The summed E-state index contributed by atoms with van der Waals surface area (Å²) >= 11 is 0. The normalized spacial score (nSPS) is 10.5. The number of pyridine rings is 1. The zero-order chi connectivity index (χ0) is 11.4. The van der Waals surface area contributed by atoms with Gasteiger partial charge in [0.2, 0.25) is 0 Å². The van der Waals surface area contributed by atoms with E-state index in [-0.39, 0.29) is 11.5 Å². The molecule has 0 aromatic carbocycles. The van der Waals surface area contributed by atoms with Crippen molar-refractivity contribution in [1.29, 1.82) is 5.41 Å². The van der Waals surface area contributed by atoms with Gasteiger partial charge in [0.05, 0.1) is 19.0 Å². The van der Waals surface area contributed by atoms with Gasteiger partial charge in [-0.2, -0.15) is 5.10 Å². The number of nitrogens with zero attached hydrogens (tertiary/aromatic N) is 2. The molecule has 0 saturated carbocycles. The second kappa shape index (κ2) is 4.41. The Morgan fingerprint density at radius 2 is 2.33 bits per heavy atom. The molecule has 15 heavy (non-hydrogen) atoms. The maximum absolute atomic E-state index is 7.67. The van der Waals surface area contributed by atoms with Crippen molar-refractivity contribution in [2.45, 2.75) is 6.92 Å². The smallest absolute Gasteiger partial charge is 0.170 e. The first kappa shape index (κ1) is 11.0. The Labute approximate surface area is 87.5 Å². The molecule has 0 saturated heterocycles. The zero-order valence-electron chi connectivity index (χ0n) is 8.61. The minimum Gasteiger partial charge on any atom is -0.492 e. The third-order valence-electron chi connectivity index (χ3n) is 1.83. The molecule has 6 heteroatoms. The Balaban J connectivity index is 3.32. The van der Waals surface area contributed by atoms with Crippen molar-refractivity contribution in [3.05, 3.63) is 17.3 Å². The van der Waals surface area contributed by atoms with Crippen LogP contribution in [0, 0.1) is 12.3 Å². The van der Waals surface area contributed by atoms with Crippen LogP contribution in [0.25, 0.3) is 0 Å². The molecule has 6 nitrogen and oxygen atoms in total. The van der Waals surface area contributed by atoms with Gasteiger partial charge < -0.3 is 16.3 Å². The van der Waals surface area contributed by atoms with Crippen molar-refractivity contribution >= 4 is 17.7 Å². The van der Waals surface area contributed by atoms with Crippen LogP contribution in [0.2, 0.25) is 0 Å². The Morgan fingerprint density at radius 1 is 1.67 bits per heavy atom. The number of hydrazone groups is 1. The van der Waals surface area contributed by atoms with Crippen molar-refractivity contribution < 1.29 is 4.74 Å². The largest absolute Gasteiger partial charge is 0.492 e. The molecule has 0 atom stereocenters. The number of ether oxygens (including phenoxy) is 1. The first-order chi connectivity index (χ1) is 7.10. The molecule has 5 N–H and O–H groups in total. The minimum atomic E-state index is 0.131. The standard InChI is InChI=1S/C9H13N5O/c1-5-3-6(7(10)4-13-12)8(15-2)9(11)14-5/h3-4,10H,12H2,1-2H3,(H2,11,14)/b10-7?,13-4-. The van der Waals surface area contributed by atoms with Crippen molar-refractivity contribution in [2.75, 3.05) is 12.8 Å². The third kappa shape index (κ3) is 2.22. The van der Waals surface area contributed by atoms with Crippen molar-refractivity contribution in [1.82, 2.24) is 4.98 Å². The SMILES string of the molecule is COc1c(C(=N)/C=N\N)cc(C)nc1N. The number of nitrogen functional groups attached to an aromatic ring is 1. The Bertz CT molecular complexity index is 413. The number of nitrogens with two attached hydrogens (primary N) is 2. The van der Waals surface area contributed by atoms with E-state index in [9.17, 15) is 0 Å². The number of nitrogens with one attached hydrogen (secondary N) is 1. The number of rotatable bonds is 3. The van der Waals surface area contributed by atoms with Crippen LogP contribution in [0.3, 0.4) is 0 Å². The molecule has 1 aromatic heterocycles. The van der Waals surface area contributed by atoms with Gasteiger partial charge in [0.15, 0.2) is 11.6 Å². The third-order valence-corrected chi connectivity index (χ3v) is 1.83. The van der Waals surface area contributed by atoms with Gasteiger partial charge in [0, 0.05) is 11.3 Å². The molecule has 0 aliphatic heterocycles. The van der Waals surface area contributed by atoms with E-state index in [1.54, 1.807) is 13.0 Å². The highest BCUT2D eigenvalue weighted by molar-refractivity contribution is 6.37. The predicted molar refractivity (Wildman–Crippen MR) is 59.4 cm³/mol. The lowest BCUT2D eigenvalue weighted by molar-refractivity contribution is 0.414. The lowest BCUT2D eigenvalue weighted by atomic mass is 10.1. The molecule has 80 valence electrons. The summed E-state index contributed by atoms with van der Waals surface area (Å²) in [6.07, 6.45) is 1.22. The number of aromatic nitrogens is 1. The number of anilines is 1. The van der Waals surface area contributed by atoms with E-state index in [1.807, 2.05) is 0 Å². The lowest BCUT2D eigenvalue weighted by Crippen LogP contribution is -2.09. The number of methoxy groups -OCH3 is 1. The van der Waals surface area contributed by atoms with Crippen LogP contribution < -0.4 is 16.3 Å². The highest BCUT2D eigenvalue weighted by Crippen LogP contribution is 2.25. The van der Waals surface area contributed by atoms with Crippen molar-refractivity contribution in [3.8, 4) is 5.75 Å². The highest BCUT2D eigenvalue weighted by atomic mass is 16.5. The summed E-state index contributed by atoms with van der Waals surface area (Å²) in [7, 11) is 1.47. The molecule has 0 bridgehead atoms. The maximum atomic E-state index is 7.67.